The fourth-order valence-electron chi connectivity index (χ4n) is 3.18. The minimum Gasteiger partial charge on any atom is -0.493 e. The largest absolute Gasteiger partial charge is 0.493 e. The van der Waals surface area contributed by atoms with Crippen LogP contribution in [0.1, 0.15) is 22.0 Å². The van der Waals surface area contributed by atoms with Gasteiger partial charge in [-0.15, -0.1) is 11.3 Å². The predicted octanol–water partition coefficient (Wildman–Crippen LogP) is 5.11. The molecule has 7 heteroatoms. The average Bonchev–Trinajstić information content (AvgIpc) is 3.22. The van der Waals surface area contributed by atoms with Crippen LogP contribution >= 0.6 is 23.6 Å². The second-order valence-corrected chi connectivity index (χ2v) is 8.02. The lowest BCUT2D eigenvalue weighted by molar-refractivity contribution is -0.141. The molecule has 1 aliphatic rings. The van der Waals surface area contributed by atoms with Crippen molar-refractivity contribution in [2.24, 2.45) is 4.99 Å². The van der Waals surface area contributed by atoms with Crippen LogP contribution in [0.3, 0.4) is 0 Å². The molecule has 1 atom stereocenters. The Morgan fingerprint density at radius 3 is 2.64 bits per heavy atom. The van der Waals surface area contributed by atoms with E-state index in [4.69, 9.17) is 12.2 Å². The van der Waals surface area contributed by atoms with E-state index in [1.807, 2.05) is 54.6 Å². The van der Waals surface area contributed by atoms with Gasteiger partial charge in [0.05, 0.1) is 10.6 Å². The van der Waals surface area contributed by atoms with Crippen LogP contribution < -0.4 is 0 Å². The molecule has 0 saturated heterocycles. The smallest absolute Gasteiger partial charge is 0.327 e. The molecule has 0 saturated carbocycles. The van der Waals surface area contributed by atoms with E-state index in [1.165, 1.54) is 15.9 Å². The number of allylic oxidation sites excluding steroid dienone is 1. The van der Waals surface area contributed by atoms with Crippen molar-refractivity contribution in [2.45, 2.75) is 12.5 Å². The number of fused-ring (bicyclic) bond motifs is 1. The van der Waals surface area contributed by atoms with Crippen LogP contribution in [0.4, 0.5) is 5.69 Å². The summed E-state index contributed by atoms with van der Waals surface area (Å²) >= 11 is 6.57. The molecular formula is C21H16N2O3S2. The molecule has 0 bridgehead atoms. The van der Waals surface area contributed by atoms with Gasteiger partial charge in [-0.3, -0.25) is 9.56 Å². The van der Waals surface area contributed by atoms with Gasteiger partial charge in [0.15, 0.2) is 3.95 Å². The molecule has 0 spiro atoms. The first-order valence-corrected chi connectivity index (χ1v) is 9.83. The second kappa shape index (κ2) is 7.53. The Kier molecular flexibility index (Phi) is 4.93. The van der Waals surface area contributed by atoms with E-state index in [1.54, 1.807) is 12.3 Å². The van der Waals surface area contributed by atoms with Gasteiger partial charge in [0.25, 0.3) is 0 Å². The van der Waals surface area contributed by atoms with Gasteiger partial charge in [0.2, 0.25) is 5.88 Å². The molecular weight excluding hydrogens is 392 g/mol. The number of nitrogens with zero attached hydrogens (tertiary/aromatic N) is 2. The van der Waals surface area contributed by atoms with Gasteiger partial charge in [0, 0.05) is 23.8 Å². The van der Waals surface area contributed by atoms with Crippen LogP contribution in [0.25, 0.3) is 11.6 Å². The number of carboxylic acids is 1. The molecule has 0 fully saturated rings. The lowest BCUT2D eigenvalue weighted by Gasteiger charge is -2.15. The maximum atomic E-state index is 11.9. The number of para-hydroxylation sites is 1. The molecule has 1 aliphatic heterocycles. The Morgan fingerprint density at radius 2 is 1.89 bits per heavy atom. The van der Waals surface area contributed by atoms with E-state index in [-0.39, 0.29) is 12.3 Å². The molecule has 0 radical (unpaired) electrons. The van der Waals surface area contributed by atoms with Crippen LogP contribution in [0.2, 0.25) is 0 Å². The lowest BCUT2D eigenvalue weighted by atomic mass is 10.1. The maximum Gasteiger partial charge on any atom is 0.327 e. The van der Waals surface area contributed by atoms with Gasteiger partial charge in [-0.2, -0.15) is 0 Å². The summed E-state index contributed by atoms with van der Waals surface area (Å²) in [4.78, 5) is 16.8. The third-order valence-corrected chi connectivity index (χ3v) is 5.89. The number of aromatic nitrogens is 1. The highest BCUT2D eigenvalue weighted by molar-refractivity contribution is 7.73. The lowest BCUT2D eigenvalue weighted by Crippen LogP contribution is -2.21. The Bertz CT molecular complexity index is 1160. The summed E-state index contributed by atoms with van der Waals surface area (Å²) in [6.45, 7) is 0. The number of rotatable bonds is 5. The number of aromatic hydroxyl groups is 1. The molecule has 3 aromatic rings. The monoisotopic (exact) mass is 408 g/mol. The highest BCUT2D eigenvalue weighted by atomic mass is 32.1. The molecule has 0 amide bonds. The minimum absolute atomic E-state index is 0.136. The molecule has 4 rings (SSSR count). The molecule has 2 heterocycles. The summed E-state index contributed by atoms with van der Waals surface area (Å²) in [5.74, 6) is -1.18. The minimum atomic E-state index is -1.04. The topological polar surface area (TPSA) is 74.8 Å². The van der Waals surface area contributed by atoms with Crippen LogP contribution in [0.15, 0.2) is 59.6 Å². The Hall–Kier alpha value is -3.03. The SMILES string of the molecule is O=C(O)C(Cc1ccccc1)n1c(O)c(C=C2C=Nc3ccccc32)sc1=S. The van der Waals surface area contributed by atoms with Crippen molar-refractivity contribution in [2.75, 3.05) is 0 Å². The Labute approximate surface area is 170 Å². The fourth-order valence-corrected chi connectivity index (χ4v) is 4.54. The quantitative estimate of drug-likeness (QED) is 0.575. The van der Waals surface area contributed by atoms with E-state index in [0.717, 1.165) is 22.4 Å². The summed E-state index contributed by atoms with van der Waals surface area (Å²) in [5.41, 5.74) is 3.54. The summed E-state index contributed by atoms with van der Waals surface area (Å²) in [6, 6.07) is 16.0. The van der Waals surface area contributed by atoms with Crippen LogP contribution in [0, 0.1) is 3.95 Å². The zero-order chi connectivity index (χ0) is 19.7. The fraction of sp³-hybridized carbons (Fsp3) is 0.0952. The number of aliphatic carboxylic acids is 1. The number of thiazole rings is 1. The zero-order valence-electron chi connectivity index (χ0n) is 14.6. The third-order valence-electron chi connectivity index (χ3n) is 4.56. The number of hydrogen-bond donors (Lipinski definition) is 2. The van der Waals surface area contributed by atoms with Crippen molar-refractivity contribution < 1.29 is 15.0 Å². The Balaban J connectivity index is 1.73. The number of carbonyl (C=O) groups is 1. The summed E-state index contributed by atoms with van der Waals surface area (Å²) in [7, 11) is 0. The molecule has 1 aromatic heterocycles. The highest BCUT2D eigenvalue weighted by Crippen LogP contribution is 2.37. The number of benzene rings is 2. The second-order valence-electron chi connectivity index (χ2n) is 6.34. The maximum absolute atomic E-state index is 11.9. The number of hydrogen-bond acceptors (Lipinski definition) is 5. The van der Waals surface area contributed by atoms with Crippen LogP contribution in [0.5, 0.6) is 5.88 Å². The normalized spacial score (nSPS) is 14.9. The van der Waals surface area contributed by atoms with E-state index in [0.29, 0.717) is 8.83 Å². The highest BCUT2D eigenvalue weighted by Gasteiger charge is 2.26. The summed E-state index contributed by atoms with van der Waals surface area (Å²) in [5, 5.41) is 20.5. The van der Waals surface area contributed by atoms with E-state index in [2.05, 4.69) is 4.99 Å². The molecule has 0 aliphatic carbocycles. The van der Waals surface area contributed by atoms with Crippen LogP contribution in [-0.4, -0.2) is 27.0 Å². The standard InChI is InChI=1S/C21H16N2O3S2/c24-19-18(11-14-12-22-16-9-5-4-8-15(14)16)28-21(27)23(19)17(20(25)26)10-13-6-2-1-3-7-13/h1-9,11-12,17,24H,10H2,(H,25,26). The molecule has 5 nitrogen and oxygen atoms in total. The van der Waals surface area contributed by atoms with Gasteiger partial charge in [0.1, 0.15) is 6.04 Å². The van der Waals surface area contributed by atoms with Gasteiger partial charge in [-0.25, -0.2) is 4.79 Å². The van der Waals surface area contributed by atoms with Crippen molar-refractivity contribution in [3.8, 4) is 5.88 Å². The average molecular weight is 409 g/mol. The van der Waals surface area contributed by atoms with Crippen molar-refractivity contribution in [1.82, 2.24) is 4.57 Å². The number of aliphatic imine (C=N–C) groups is 1. The van der Waals surface area contributed by atoms with E-state index >= 15 is 0 Å². The van der Waals surface area contributed by atoms with Crippen molar-refractivity contribution in [3.05, 3.63) is 74.6 Å². The van der Waals surface area contributed by atoms with Crippen molar-refractivity contribution in [1.29, 1.82) is 0 Å². The zero-order valence-corrected chi connectivity index (χ0v) is 16.3. The summed E-state index contributed by atoms with van der Waals surface area (Å²) in [6.07, 6.45) is 3.76. The van der Waals surface area contributed by atoms with Gasteiger partial charge < -0.3 is 10.2 Å². The molecule has 2 aromatic carbocycles. The predicted molar refractivity (Wildman–Crippen MR) is 114 cm³/mol. The van der Waals surface area contributed by atoms with Crippen LogP contribution in [-0.2, 0) is 11.2 Å². The first kappa shape index (κ1) is 18.3. The van der Waals surface area contributed by atoms with Gasteiger partial charge in [-0.1, -0.05) is 48.5 Å². The van der Waals surface area contributed by atoms with E-state index in [9.17, 15) is 15.0 Å². The van der Waals surface area contributed by atoms with Gasteiger partial charge >= 0.3 is 5.97 Å². The number of carboxylic acid groups (broad SMARTS) is 1. The van der Waals surface area contributed by atoms with Gasteiger partial charge in [-0.05, 0) is 29.9 Å². The molecule has 1 unspecified atom stereocenters. The molecule has 28 heavy (non-hydrogen) atoms. The molecule has 140 valence electrons. The van der Waals surface area contributed by atoms with Crippen molar-refractivity contribution in [3.63, 3.8) is 0 Å². The first-order valence-electron chi connectivity index (χ1n) is 8.61. The first-order chi connectivity index (χ1) is 13.5. The van der Waals surface area contributed by atoms with E-state index < -0.39 is 12.0 Å². The molecule has 2 N–H and O–H groups in total. The third kappa shape index (κ3) is 3.42. The Morgan fingerprint density at radius 1 is 1.18 bits per heavy atom. The van der Waals surface area contributed by atoms with Crippen molar-refractivity contribution >= 4 is 53.1 Å². The summed E-state index contributed by atoms with van der Waals surface area (Å²) < 4.78 is 1.63.